The van der Waals surface area contributed by atoms with Crippen molar-refractivity contribution in [3.8, 4) is 17.2 Å². The van der Waals surface area contributed by atoms with Crippen molar-refractivity contribution in [2.24, 2.45) is 0 Å². The second-order valence-corrected chi connectivity index (χ2v) is 3.79. The number of hydrogen-bond donors (Lipinski definition) is 0. The van der Waals surface area contributed by atoms with Crippen LogP contribution in [-0.4, -0.2) is 0 Å². The molecule has 0 atom stereocenters. The topological polar surface area (TPSA) is 23.8 Å². The number of halogens is 2. The summed E-state index contributed by atoms with van der Waals surface area (Å²) in [6.07, 6.45) is 0. The molecule has 2 rings (SSSR count). The van der Waals surface area contributed by atoms with E-state index in [1.54, 1.807) is 19.1 Å². The highest BCUT2D eigenvalue weighted by atomic mass is 19.1. The van der Waals surface area contributed by atoms with E-state index in [0.717, 1.165) is 5.56 Å². The number of rotatable bonds is 1. The zero-order valence-corrected chi connectivity index (χ0v) is 9.17. The van der Waals surface area contributed by atoms with Crippen LogP contribution < -0.4 is 0 Å². The van der Waals surface area contributed by atoms with Gasteiger partial charge in [-0.2, -0.15) is 5.26 Å². The Kier molecular flexibility index (Phi) is 2.88. The number of aryl methyl sites for hydroxylation is 1. The van der Waals surface area contributed by atoms with Crippen molar-refractivity contribution in [1.82, 2.24) is 0 Å². The lowest BCUT2D eigenvalue weighted by Crippen LogP contribution is -1.90. The second-order valence-electron chi connectivity index (χ2n) is 3.79. The maximum Gasteiger partial charge on any atom is 0.131 e. The van der Waals surface area contributed by atoms with Gasteiger partial charge in [-0.15, -0.1) is 0 Å². The predicted octanol–water partition coefficient (Wildman–Crippen LogP) is 3.81. The van der Waals surface area contributed by atoms with E-state index in [1.807, 2.05) is 6.07 Å². The quantitative estimate of drug-likeness (QED) is 0.729. The largest absolute Gasteiger partial charge is 0.207 e. The summed E-state index contributed by atoms with van der Waals surface area (Å²) in [5.41, 5.74) is 1.56. The Hall–Kier alpha value is -2.21. The fourth-order valence-electron chi connectivity index (χ4n) is 1.68. The Morgan fingerprint density at radius 3 is 2.41 bits per heavy atom. The molecule has 2 aromatic rings. The lowest BCUT2D eigenvalue weighted by molar-refractivity contribution is 0.624. The van der Waals surface area contributed by atoms with Gasteiger partial charge in [-0.25, -0.2) is 8.78 Å². The van der Waals surface area contributed by atoms with Crippen LogP contribution in [0.4, 0.5) is 8.78 Å². The third-order valence-electron chi connectivity index (χ3n) is 2.52. The zero-order chi connectivity index (χ0) is 12.4. The molecule has 0 fully saturated rings. The molecule has 0 spiro atoms. The van der Waals surface area contributed by atoms with E-state index in [9.17, 15) is 8.78 Å². The van der Waals surface area contributed by atoms with Crippen LogP contribution in [0.15, 0.2) is 36.4 Å². The lowest BCUT2D eigenvalue weighted by atomic mass is 9.99. The molecule has 0 radical (unpaired) electrons. The molecule has 0 unspecified atom stereocenters. The summed E-state index contributed by atoms with van der Waals surface area (Å²) in [4.78, 5) is 0. The van der Waals surface area contributed by atoms with Gasteiger partial charge in [0.2, 0.25) is 0 Å². The van der Waals surface area contributed by atoms with E-state index in [1.165, 1.54) is 24.3 Å². The van der Waals surface area contributed by atoms with Crippen molar-refractivity contribution < 1.29 is 8.78 Å². The summed E-state index contributed by atoms with van der Waals surface area (Å²) < 4.78 is 26.9. The standard InChI is InChI=1S/C14H9F2N/c1-9-2-5-12(14(16)6-9)13-7-11(15)4-3-10(13)8-17/h2-7H,1H3. The first-order valence-electron chi connectivity index (χ1n) is 5.08. The Morgan fingerprint density at radius 1 is 1.00 bits per heavy atom. The predicted molar refractivity (Wildman–Crippen MR) is 61.2 cm³/mol. The average molecular weight is 229 g/mol. The highest BCUT2D eigenvalue weighted by Gasteiger charge is 2.10. The highest BCUT2D eigenvalue weighted by molar-refractivity contribution is 5.71. The SMILES string of the molecule is Cc1ccc(-c2cc(F)ccc2C#N)c(F)c1. The molecule has 17 heavy (non-hydrogen) atoms. The van der Waals surface area contributed by atoms with Gasteiger partial charge in [0.05, 0.1) is 11.6 Å². The van der Waals surface area contributed by atoms with E-state index in [-0.39, 0.29) is 16.7 Å². The molecule has 0 aliphatic heterocycles. The monoisotopic (exact) mass is 229 g/mol. The van der Waals surface area contributed by atoms with Crippen molar-refractivity contribution in [1.29, 1.82) is 5.26 Å². The third-order valence-corrected chi connectivity index (χ3v) is 2.52. The minimum atomic E-state index is -0.487. The van der Waals surface area contributed by atoms with Crippen molar-refractivity contribution in [3.05, 3.63) is 59.2 Å². The molecule has 0 aromatic heterocycles. The molecular formula is C14H9F2N. The normalized spacial score (nSPS) is 10.0. The first kappa shape index (κ1) is 11.3. The summed E-state index contributed by atoms with van der Waals surface area (Å²) in [5.74, 6) is -0.939. The van der Waals surface area contributed by atoms with Crippen LogP contribution in [0.5, 0.6) is 0 Å². The van der Waals surface area contributed by atoms with Gasteiger partial charge in [-0.3, -0.25) is 0 Å². The molecule has 0 aliphatic rings. The van der Waals surface area contributed by atoms with Crippen LogP contribution in [0.25, 0.3) is 11.1 Å². The Bertz CT molecular complexity index is 612. The smallest absolute Gasteiger partial charge is 0.131 e. The summed E-state index contributed by atoms with van der Waals surface area (Å²) in [6.45, 7) is 1.77. The summed E-state index contributed by atoms with van der Waals surface area (Å²) in [5, 5.41) is 8.92. The van der Waals surface area contributed by atoms with Gasteiger partial charge in [-0.1, -0.05) is 12.1 Å². The van der Waals surface area contributed by atoms with Gasteiger partial charge in [0.25, 0.3) is 0 Å². The number of benzene rings is 2. The minimum Gasteiger partial charge on any atom is -0.207 e. The third kappa shape index (κ3) is 2.16. The molecule has 0 heterocycles. The Morgan fingerprint density at radius 2 is 1.76 bits per heavy atom. The van der Waals surface area contributed by atoms with E-state index < -0.39 is 11.6 Å². The fraction of sp³-hybridized carbons (Fsp3) is 0.0714. The molecule has 2 aromatic carbocycles. The van der Waals surface area contributed by atoms with Crippen LogP contribution in [-0.2, 0) is 0 Å². The molecule has 0 saturated carbocycles. The second kappa shape index (κ2) is 4.34. The molecule has 0 N–H and O–H groups in total. The highest BCUT2D eigenvalue weighted by Crippen LogP contribution is 2.27. The number of nitriles is 1. The van der Waals surface area contributed by atoms with Crippen molar-refractivity contribution in [3.63, 3.8) is 0 Å². The molecule has 0 aliphatic carbocycles. The zero-order valence-electron chi connectivity index (χ0n) is 9.17. The summed E-state index contributed by atoms with van der Waals surface area (Å²) in [7, 11) is 0. The van der Waals surface area contributed by atoms with Gasteiger partial charge < -0.3 is 0 Å². The van der Waals surface area contributed by atoms with Crippen molar-refractivity contribution in [2.45, 2.75) is 6.92 Å². The molecule has 0 bridgehead atoms. The van der Waals surface area contributed by atoms with Crippen LogP contribution >= 0.6 is 0 Å². The van der Waals surface area contributed by atoms with E-state index >= 15 is 0 Å². The maximum absolute atomic E-state index is 13.8. The number of hydrogen-bond acceptors (Lipinski definition) is 1. The fourth-order valence-corrected chi connectivity index (χ4v) is 1.68. The summed E-state index contributed by atoms with van der Waals surface area (Å²) in [6, 6.07) is 10.3. The first-order valence-corrected chi connectivity index (χ1v) is 5.08. The van der Waals surface area contributed by atoms with Crippen LogP contribution in [0, 0.1) is 29.9 Å². The van der Waals surface area contributed by atoms with E-state index in [4.69, 9.17) is 5.26 Å². The molecule has 1 nitrogen and oxygen atoms in total. The van der Waals surface area contributed by atoms with Gasteiger partial charge in [0.15, 0.2) is 0 Å². The first-order chi connectivity index (χ1) is 8.11. The van der Waals surface area contributed by atoms with Gasteiger partial charge in [0.1, 0.15) is 11.6 Å². The molecule has 0 amide bonds. The van der Waals surface area contributed by atoms with Crippen LogP contribution in [0.1, 0.15) is 11.1 Å². The van der Waals surface area contributed by atoms with Crippen LogP contribution in [0.3, 0.4) is 0 Å². The molecule has 0 saturated heterocycles. The Balaban J connectivity index is 2.68. The van der Waals surface area contributed by atoms with Crippen LogP contribution in [0.2, 0.25) is 0 Å². The van der Waals surface area contributed by atoms with Gasteiger partial charge in [-0.05, 0) is 36.8 Å². The van der Waals surface area contributed by atoms with Crippen molar-refractivity contribution >= 4 is 0 Å². The van der Waals surface area contributed by atoms with Gasteiger partial charge >= 0.3 is 0 Å². The average Bonchev–Trinajstić information content (AvgIpc) is 2.29. The Labute approximate surface area is 97.9 Å². The van der Waals surface area contributed by atoms with Crippen molar-refractivity contribution in [2.75, 3.05) is 0 Å². The van der Waals surface area contributed by atoms with E-state index in [2.05, 4.69) is 0 Å². The molecule has 84 valence electrons. The lowest BCUT2D eigenvalue weighted by Gasteiger charge is -2.06. The maximum atomic E-state index is 13.8. The molecule has 3 heteroatoms. The summed E-state index contributed by atoms with van der Waals surface area (Å²) >= 11 is 0. The van der Waals surface area contributed by atoms with E-state index in [0.29, 0.717) is 0 Å². The minimum absolute atomic E-state index is 0.242. The molecular weight excluding hydrogens is 220 g/mol. The number of nitrogens with zero attached hydrogens (tertiary/aromatic N) is 1. The van der Waals surface area contributed by atoms with Gasteiger partial charge in [0, 0.05) is 11.1 Å².